The molecule has 1 aliphatic carbocycles. The predicted molar refractivity (Wildman–Crippen MR) is 98.9 cm³/mol. The van der Waals surface area contributed by atoms with E-state index >= 15 is 0 Å². The molecule has 1 N–H and O–H groups in total. The fraction of sp³-hybridized carbons (Fsp3) is 0.316. The van der Waals surface area contributed by atoms with Crippen molar-refractivity contribution in [2.45, 2.75) is 18.4 Å². The number of carbonyl (C=O) groups excluding carboxylic acids is 1. The van der Waals surface area contributed by atoms with Crippen LogP contribution in [0.25, 0.3) is 0 Å². The van der Waals surface area contributed by atoms with Crippen LogP contribution >= 0.6 is 15.9 Å². The molecular formula is C19H20BrNO4. The van der Waals surface area contributed by atoms with Gasteiger partial charge in [-0.3, -0.25) is 4.79 Å². The topological polar surface area (TPSA) is 56.8 Å². The van der Waals surface area contributed by atoms with Crippen LogP contribution in [0.5, 0.6) is 17.2 Å². The van der Waals surface area contributed by atoms with E-state index in [-0.39, 0.29) is 11.9 Å². The van der Waals surface area contributed by atoms with Crippen molar-refractivity contribution in [3.63, 3.8) is 0 Å². The molecule has 2 unspecified atom stereocenters. The van der Waals surface area contributed by atoms with E-state index in [2.05, 4.69) is 33.4 Å². The molecule has 25 heavy (non-hydrogen) atoms. The van der Waals surface area contributed by atoms with Crippen LogP contribution in [0.4, 0.5) is 0 Å². The molecule has 132 valence electrons. The fourth-order valence-corrected chi connectivity index (χ4v) is 3.59. The minimum atomic E-state index is -0.172. The highest BCUT2D eigenvalue weighted by Gasteiger charge is 2.40. The molecule has 0 spiro atoms. The standard InChI is InChI=1S/C19H20BrNO4/c1-23-15-10-13(16(20)18(25-3)17(15)24-2)19(22)21-14-9-12(14)11-7-5-4-6-8-11/h4-8,10,12,14H,9H2,1-3H3,(H,21,22). The van der Waals surface area contributed by atoms with Crippen LogP contribution in [0.1, 0.15) is 28.3 Å². The zero-order valence-electron chi connectivity index (χ0n) is 14.3. The van der Waals surface area contributed by atoms with Gasteiger partial charge < -0.3 is 19.5 Å². The molecule has 1 aliphatic rings. The van der Waals surface area contributed by atoms with Crippen LogP contribution in [0.2, 0.25) is 0 Å². The molecule has 1 saturated carbocycles. The third-order valence-electron chi connectivity index (χ3n) is 4.35. The maximum Gasteiger partial charge on any atom is 0.252 e. The molecule has 1 amide bonds. The van der Waals surface area contributed by atoms with E-state index in [4.69, 9.17) is 14.2 Å². The molecule has 6 heteroatoms. The Kier molecular flexibility index (Phi) is 5.18. The summed E-state index contributed by atoms with van der Waals surface area (Å²) >= 11 is 3.45. The van der Waals surface area contributed by atoms with Gasteiger partial charge in [0.05, 0.1) is 31.4 Å². The molecule has 2 aromatic rings. The molecule has 0 heterocycles. The number of hydrogen-bond donors (Lipinski definition) is 1. The number of amides is 1. The van der Waals surface area contributed by atoms with Gasteiger partial charge in [0.15, 0.2) is 11.5 Å². The molecule has 5 nitrogen and oxygen atoms in total. The molecular weight excluding hydrogens is 386 g/mol. The summed E-state index contributed by atoms with van der Waals surface area (Å²) < 4.78 is 16.6. The van der Waals surface area contributed by atoms with E-state index in [1.54, 1.807) is 6.07 Å². The van der Waals surface area contributed by atoms with Gasteiger partial charge in [-0.25, -0.2) is 0 Å². The second-order valence-electron chi connectivity index (χ2n) is 5.84. The zero-order valence-corrected chi connectivity index (χ0v) is 15.9. The summed E-state index contributed by atoms with van der Waals surface area (Å²) in [7, 11) is 4.58. The van der Waals surface area contributed by atoms with Crippen LogP contribution < -0.4 is 19.5 Å². The molecule has 3 rings (SSSR count). The van der Waals surface area contributed by atoms with Gasteiger partial charge in [0, 0.05) is 12.0 Å². The molecule has 0 aromatic heterocycles. The SMILES string of the molecule is COc1cc(C(=O)NC2CC2c2ccccc2)c(Br)c(OC)c1OC. The van der Waals surface area contributed by atoms with E-state index in [1.807, 2.05) is 18.2 Å². The first-order valence-corrected chi connectivity index (χ1v) is 8.74. The number of halogens is 1. The molecule has 0 aliphatic heterocycles. The molecule has 0 bridgehead atoms. The number of rotatable bonds is 6. The zero-order chi connectivity index (χ0) is 18.0. The van der Waals surface area contributed by atoms with Crippen LogP contribution in [0.15, 0.2) is 40.9 Å². The number of hydrogen-bond acceptors (Lipinski definition) is 4. The lowest BCUT2D eigenvalue weighted by atomic mass is 10.1. The van der Waals surface area contributed by atoms with Gasteiger partial charge >= 0.3 is 0 Å². The van der Waals surface area contributed by atoms with Crippen molar-refractivity contribution >= 4 is 21.8 Å². The molecule has 0 radical (unpaired) electrons. The number of benzene rings is 2. The maximum atomic E-state index is 12.7. The van der Waals surface area contributed by atoms with Crippen molar-refractivity contribution in [1.82, 2.24) is 5.32 Å². The highest BCUT2D eigenvalue weighted by atomic mass is 79.9. The molecule has 2 atom stereocenters. The van der Waals surface area contributed by atoms with Crippen molar-refractivity contribution in [2.75, 3.05) is 21.3 Å². The summed E-state index contributed by atoms with van der Waals surface area (Å²) in [4.78, 5) is 12.7. The minimum Gasteiger partial charge on any atom is -0.493 e. The summed E-state index contributed by atoms with van der Waals surface area (Å²) in [5, 5.41) is 3.08. The Morgan fingerprint density at radius 2 is 1.76 bits per heavy atom. The monoisotopic (exact) mass is 405 g/mol. The number of methoxy groups -OCH3 is 3. The largest absolute Gasteiger partial charge is 0.493 e. The van der Waals surface area contributed by atoms with E-state index in [9.17, 15) is 4.79 Å². The summed E-state index contributed by atoms with van der Waals surface area (Å²) in [6.07, 6.45) is 0.942. The Morgan fingerprint density at radius 1 is 1.08 bits per heavy atom. The van der Waals surface area contributed by atoms with Crippen molar-refractivity contribution in [3.8, 4) is 17.2 Å². The van der Waals surface area contributed by atoms with Crippen molar-refractivity contribution in [3.05, 3.63) is 52.0 Å². The van der Waals surface area contributed by atoms with E-state index in [1.165, 1.54) is 26.9 Å². The predicted octanol–water partition coefficient (Wildman–Crippen LogP) is 3.76. The average molecular weight is 406 g/mol. The summed E-state index contributed by atoms with van der Waals surface area (Å²) in [6, 6.07) is 12.0. The first-order chi connectivity index (χ1) is 12.1. The summed E-state index contributed by atoms with van der Waals surface area (Å²) in [5.74, 6) is 1.52. The third kappa shape index (κ3) is 3.44. The Labute approximate surface area is 155 Å². The number of nitrogens with one attached hydrogen (secondary N) is 1. The lowest BCUT2D eigenvalue weighted by Gasteiger charge is -2.16. The van der Waals surface area contributed by atoms with Gasteiger partial charge in [0.25, 0.3) is 5.91 Å². The summed E-state index contributed by atoms with van der Waals surface area (Å²) in [6.45, 7) is 0. The Balaban J connectivity index is 1.81. The van der Waals surface area contributed by atoms with Crippen molar-refractivity contribution in [2.24, 2.45) is 0 Å². The minimum absolute atomic E-state index is 0.140. The van der Waals surface area contributed by atoms with Gasteiger partial charge in [-0.2, -0.15) is 0 Å². The van der Waals surface area contributed by atoms with Gasteiger partial charge in [-0.15, -0.1) is 0 Å². The van der Waals surface area contributed by atoms with Gasteiger partial charge in [0.1, 0.15) is 0 Å². The second kappa shape index (κ2) is 7.35. The number of ether oxygens (including phenoxy) is 3. The third-order valence-corrected chi connectivity index (χ3v) is 5.14. The second-order valence-corrected chi connectivity index (χ2v) is 6.63. The Morgan fingerprint density at radius 3 is 2.36 bits per heavy atom. The van der Waals surface area contributed by atoms with Crippen LogP contribution in [-0.2, 0) is 0 Å². The van der Waals surface area contributed by atoms with Crippen LogP contribution in [-0.4, -0.2) is 33.3 Å². The fourth-order valence-electron chi connectivity index (χ4n) is 2.96. The van der Waals surface area contributed by atoms with Crippen molar-refractivity contribution < 1.29 is 19.0 Å². The van der Waals surface area contributed by atoms with Crippen LogP contribution in [0.3, 0.4) is 0 Å². The Bertz CT molecular complexity index is 779. The van der Waals surface area contributed by atoms with Gasteiger partial charge in [-0.1, -0.05) is 30.3 Å². The summed E-state index contributed by atoms with van der Waals surface area (Å²) in [5.41, 5.74) is 1.70. The van der Waals surface area contributed by atoms with E-state index < -0.39 is 0 Å². The van der Waals surface area contributed by atoms with Crippen molar-refractivity contribution in [1.29, 1.82) is 0 Å². The van der Waals surface area contributed by atoms with E-state index in [0.717, 1.165) is 6.42 Å². The normalized spacial score (nSPS) is 18.4. The smallest absolute Gasteiger partial charge is 0.252 e. The lowest BCUT2D eigenvalue weighted by Crippen LogP contribution is -2.27. The number of carbonyl (C=O) groups is 1. The first-order valence-electron chi connectivity index (χ1n) is 7.95. The first kappa shape index (κ1) is 17.6. The van der Waals surface area contributed by atoms with Gasteiger partial charge in [-0.05, 0) is 34.0 Å². The van der Waals surface area contributed by atoms with E-state index in [0.29, 0.717) is 33.2 Å². The maximum absolute atomic E-state index is 12.7. The average Bonchev–Trinajstić information content (AvgIpc) is 3.40. The van der Waals surface area contributed by atoms with Crippen LogP contribution in [0, 0.1) is 0 Å². The Hall–Kier alpha value is -2.21. The highest BCUT2D eigenvalue weighted by Crippen LogP contribution is 2.45. The quantitative estimate of drug-likeness (QED) is 0.794. The molecule has 1 fully saturated rings. The molecule has 0 saturated heterocycles. The lowest BCUT2D eigenvalue weighted by molar-refractivity contribution is 0.0948. The van der Waals surface area contributed by atoms with Gasteiger partial charge in [0.2, 0.25) is 5.75 Å². The highest BCUT2D eigenvalue weighted by molar-refractivity contribution is 9.10. The molecule has 2 aromatic carbocycles.